The number of aryl methyl sites for hydroxylation is 2. The number of carboxylic acid groups (broad SMARTS) is 1. The predicted molar refractivity (Wildman–Crippen MR) is 68.2 cm³/mol. The minimum absolute atomic E-state index is 0.321. The lowest BCUT2D eigenvalue weighted by atomic mass is 10.2. The number of aromatic nitrogens is 2. The second-order valence-corrected chi connectivity index (χ2v) is 4.32. The van der Waals surface area contributed by atoms with E-state index in [1.54, 1.807) is 10.8 Å². The highest BCUT2D eigenvalue weighted by molar-refractivity contribution is 5.87. The molecule has 0 amide bonds. The normalized spacial score (nSPS) is 11.4. The first-order valence-electron chi connectivity index (χ1n) is 5.52. The van der Waals surface area contributed by atoms with E-state index in [9.17, 15) is 4.79 Å². The van der Waals surface area contributed by atoms with Crippen LogP contribution in [-0.4, -0.2) is 33.9 Å². The van der Waals surface area contributed by atoms with Gasteiger partial charge in [-0.15, -0.1) is 0 Å². The molecule has 0 unspecified atom stereocenters. The van der Waals surface area contributed by atoms with Crippen molar-refractivity contribution in [2.24, 2.45) is 7.05 Å². The van der Waals surface area contributed by atoms with Crippen LogP contribution in [0.3, 0.4) is 0 Å². The Hall–Kier alpha value is -1.78. The van der Waals surface area contributed by atoms with Crippen molar-refractivity contribution < 1.29 is 9.90 Å². The van der Waals surface area contributed by atoms with Crippen LogP contribution in [0.1, 0.15) is 25.1 Å². The van der Waals surface area contributed by atoms with Gasteiger partial charge in [-0.3, -0.25) is 4.68 Å². The van der Waals surface area contributed by atoms with Crippen LogP contribution in [-0.2, 0) is 11.8 Å². The molecule has 5 nitrogen and oxygen atoms in total. The van der Waals surface area contributed by atoms with Crippen LogP contribution in [0.25, 0.3) is 6.08 Å². The first-order chi connectivity index (χ1) is 7.84. The smallest absolute Gasteiger partial charge is 0.328 e. The van der Waals surface area contributed by atoms with Crippen molar-refractivity contribution in [3.63, 3.8) is 0 Å². The molecule has 0 spiro atoms. The van der Waals surface area contributed by atoms with Gasteiger partial charge in [0.1, 0.15) is 5.82 Å². The number of hydrogen-bond donors (Lipinski definition) is 1. The molecule has 0 radical (unpaired) electrons. The summed E-state index contributed by atoms with van der Waals surface area (Å²) >= 11 is 0. The average molecular weight is 237 g/mol. The summed E-state index contributed by atoms with van der Waals surface area (Å²) in [6.45, 7) is 6.03. The molecule has 0 aliphatic rings. The molecule has 17 heavy (non-hydrogen) atoms. The molecule has 1 rings (SSSR count). The molecule has 0 fully saturated rings. The Bertz CT molecular complexity index is 447. The molecule has 5 heteroatoms. The monoisotopic (exact) mass is 237 g/mol. The minimum Gasteiger partial charge on any atom is -0.478 e. The zero-order valence-electron chi connectivity index (χ0n) is 10.9. The maximum Gasteiger partial charge on any atom is 0.328 e. The molecule has 0 saturated carbocycles. The molecule has 1 N–H and O–H groups in total. The number of hydrogen-bond acceptors (Lipinski definition) is 3. The van der Waals surface area contributed by atoms with Gasteiger partial charge in [0.05, 0.1) is 5.69 Å². The van der Waals surface area contributed by atoms with Gasteiger partial charge >= 0.3 is 5.97 Å². The third kappa shape index (κ3) is 2.87. The van der Waals surface area contributed by atoms with Crippen molar-refractivity contribution in [2.75, 3.05) is 11.9 Å². The molecule has 0 aliphatic heterocycles. The SMILES string of the molecule is Cc1nn(C)c(N(C)C(C)C)c1/C=C/C(=O)O. The summed E-state index contributed by atoms with van der Waals surface area (Å²) in [6, 6.07) is 0.321. The topological polar surface area (TPSA) is 58.4 Å². The van der Waals surface area contributed by atoms with Crippen molar-refractivity contribution >= 4 is 17.9 Å². The standard InChI is InChI=1S/C12H19N3O2/c1-8(2)14(4)12-10(6-7-11(16)17)9(3)13-15(12)5/h6-8H,1-5H3,(H,16,17)/b7-6+. The van der Waals surface area contributed by atoms with E-state index in [2.05, 4.69) is 23.8 Å². The maximum absolute atomic E-state index is 10.6. The summed E-state index contributed by atoms with van der Waals surface area (Å²) in [7, 11) is 3.83. The molecule has 0 saturated heterocycles. The third-order valence-electron chi connectivity index (χ3n) is 2.74. The van der Waals surface area contributed by atoms with Crippen LogP contribution in [0.2, 0.25) is 0 Å². The van der Waals surface area contributed by atoms with Gasteiger partial charge in [0.25, 0.3) is 0 Å². The molecule has 1 aromatic rings. The number of carbonyl (C=O) groups is 1. The number of rotatable bonds is 4. The quantitative estimate of drug-likeness (QED) is 0.809. The van der Waals surface area contributed by atoms with Gasteiger partial charge in [0.15, 0.2) is 0 Å². The van der Waals surface area contributed by atoms with Gasteiger partial charge < -0.3 is 10.0 Å². The molecular formula is C12H19N3O2. The van der Waals surface area contributed by atoms with E-state index in [0.29, 0.717) is 6.04 Å². The maximum atomic E-state index is 10.6. The summed E-state index contributed by atoms with van der Waals surface area (Å²) in [6.07, 6.45) is 2.74. The second kappa shape index (κ2) is 5.03. The fourth-order valence-corrected chi connectivity index (χ4v) is 1.67. The summed E-state index contributed by atoms with van der Waals surface area (Å²) in [5.74, 6) is -0.0265. The number of nitrogens with zero attached hydrogens (tertiary/aromatic N) is 3. The van der Waals surface area contributed by atoms with Crippen molar-refractivity contribution in [3.8, 4) is 0 Å². The predicted octanol–water partition coefficient (Wildman–Crippen LogP) is 1.67. The highest BCUT2D eigenvalue weighted by atomic mass is 16.4. The van der Waals surface area contributed by atoms with E-state index in [4.69, 9.17) is 5.11 Å². The van der Waals surface area contributed by atoms with E-state index in [1.165, 1.54) is 0 Å². The van der Waals surface area contributed by atoms with E-state index in [1.807, 2.05) is 21.0 Å². The Morgan fingerprint density at radius 1 is 1.53 bits per heavy atom. The molecule has 94 valence electrons. The number of carboxylic acids is 1. The van der Waals surface area contributed by atoms with Crippen LogP contribution < -0.4 is 4.90 Å². The first kappa shape index (κ1) is 13.3. The third-order valence-corrected chi connectivity index (χ3v) is 2.74. The van der Waals surface area contributed by atoms with Crippen LogP contribution in [0.5, 0.6) is 0 Å². The van der Waals surface area contributed by atoms with Gasteiger partial charge in [-0.2, -0.15) is 5.10 Å². The van der Waals surface area contributed by atoms with Gasteiger partial charge in [-0.05, 0) is 26.8 Å². The van der Waals surface area contributed by atoms with Crippen molar-refractivity contribution in [2.45, 2.75) is 26.8 Å². The molecule has 0 aliphatic carbocycles. The highest BCUT2D eigenvalue weighted by Gasteiger charge is 2.16. The number of aliphatic carboxylic acids is 1. The molecule has 0 atom stereocenters. The zero-order chi connectivity index (χ0) is 13.2. The van der Waals surface area contributed by atoms with Crippen molar-refractivity contribution in [3.05, 3.63) is 17.3 Å². The van der Waals surface area contributed by atoms with E-state index in [-0.39, 0.29) is 0 Å². The molecular weight excluding hydrogens is 218 g/mol. The highest BCUT2D eigenvalue weighted by Crippen LogP contribution is 2.24. The van der Waals surface area contributed by atoms with Gasteiger partial charge in [0.2, 0.25) is 0 Å². The Kier molecular flexibility index (Phi) is 3.93. The van der Waals surface area contributed by atoms with Crippen molar-refractivity contribution in [1.29, 1.82) is 0 Å². The van der Waals surface area contributed by atoms with E-state index in [0.717, 1.165) is 23.2 Å². The fourth-order valence-electron chi connectivity index (χ4n) is 1.67. The first-order valence-corrected chi connectivity index (χ1v) is 5.52. The zero-order valence-corrected chi connectivity index (χ0v) is 10.9. The summed E-state index contributed by atoms with van der Waals surface area (Å²) in [5.41, 5.74) is 1.68. The van der Waals surface area contributed by atoms with Crippen LogP contribution in [0, 0.1) is 6.92 Å². The number of anilines is 1. The molecule has 0 bridgehead atoms. The lowest BCUT2D eigenvalue weighted by Crippen LogP contribution is -2.28. The lowest BCUT2D eigenvalue weighted by Gasteiger charge is -2.24. The Morgan fingerprint density at radius 3 is 2.59 bits per heavy atom. The van der Waals surface area contributed by atoms with Gasteiger partial charge in [-0.1, -0.05) is 0 Å². The van der Waals surface area contributed by atoms with Crippen molar-refractivity contribution in [1.82, 2.24) is 9.78 Å². The fraction of sp³-hybridized carbons (Fsp3) is 0.500. The van der Waals surface area contributed by atoms with Gasteiger partial charge in [0, 0.05) is 31.8 Å². The molecule has 0 aromatic carbocycles. The average Bonchev–Trinajstić information content (AvgIpc) is 2.48. The van der Waals surface area contributed by atoms with E-state index >= 15 is 0 Å². The Morgan fingerprint density at radius 2 is 2.12 bits per heavy atom. The van der Waals surface area contributed by atoms with Gasteiger partial charge in [-0.25, -0.2) is 4.79 Å². The summed E-state index contributed by atoms with van der Waals surface area (Å²) in [5, 5.41) is 13.0. The van der Waals surface area contributed by atoms with Crippen LogP contribution in [0.15, 0.2) is 6.08 Å². The van der Waals surface area contributed by atoms with Crippen LogP contribution in [0.4, 0.5) is 5.82 Å². The summed E-state index contributed by atoms with van der Waals surface area (Å²) in [4.78, 5) is 12.6. The van der Waals surface area contributed by atoms with Crippen LogP contribution >= 0.6 is 0 Å². The Labute approximate surface area is 101 Å². The summed E-state index contributed by atoms with van der Waals surface area (Å²) < 4.78 is 1.77. The molecule has 1 aromatic heterocycles. The molecule has 1 heterocycles. The van der Waals surface area contributed by atoms with E-state index < -0.39 is 5.97 Å². The minimum atomic E-state index is -0.952. The second-order valence-electron chi connectivity index (χ2n) is 4.32. The largest absolute Gasteiger partial charge is 0.478 e. The Balaban J connectivity index is 3.24. The lowest BCUT2D eigenvalue weighted by molar-refractivity contribution is -0.131.